The van der Waals surface area contributed by atoms with Gasteiger partial charge in [-0.1, -0.05) is 0 Å². The number of hydrogen-bond acceptors (Lipinski definition) is 9. The predicted molar refractivity (Wildman–Crippen MR) is 151 cm³/mol. The first kappa shape index (κ1) is 25.9. The molecular weight excluding hydrogens is 522 g/mol. The number of methoxy groups -OCH3 is 2. The van der Waals surface area contributed by atoms with Crippen LogP contribution in [0.15, 0.2) is 59.0 Å². The quantitative estimate of drug-likeness (QED) is 0.182. The van der Waals surface area contributed by atoms with E-state index in [9.17, 15) is 14.9 Å². The van der Waals surface area contributed by atoms with Gasteiger partial charge in [0.15, 0.2) is 22.2 Å². The van der Waals surface area contributed by atoms with Crippen molar-refractivity contribution in [1.29, 1.82) is 0 Å². The number of hydrogen-bond donors (Lipinski definition) is 2. The van der Waals surface area contributed by atoms with E-state index in [0.717, 1.165) is 25.9 Å². The van der Waals surface area contributed by atoms with E-state index in [-0.39, 0.29) is 16.4 Å². The van der Waals surface area contributed by atoms with Crippen molar-refractivity contribution in [2.45, 2.75) is 12.8 Å². The minimum atomic E-state index is -0.554. The topological polar surface area (TPSA) is 132 Å². The van der Waals surface area contributed by atoms with Crippen molar-refractivity contribution >= 4 is 51.4 Å². The lowest BCUT2D eigenvalue weighted by molar-refractivity contribution is -0.384. The molecule has 39 heavy (non-hydrogen) atoms. The lowest BCUT2D eigenvalue weighted by atomic mass is 10.1. The van der Waals surface area contributed by atoms with Crippen LogP contribution in [0.25, 0.3) is 22.6 Å². The maximum absolute atomic E-state index is 12.8. The fourth-order valence-electron chi connectivity index (χ4n) is 4.47. The number of carbonyl (C=O) groups excluding carboxylic acids is 1. The van der Waals surface area contributed by atoms with Gasteiger partial charge in [0.1, 0.15) is 11.2 Å². The van der Waals surface area contributed by atoms with Crippen LogP contribution in [0, 0.1) is 10.1 Å². The Kier molecular flexibility index (Phi) is 7.28. The zero-order valence-electron chi connectivity index (χ0n) is 21.2. The molecule has 1 aliphatic heterocycles. The van der Waals surface area contributed by atoms with Crippen molar-refractivity contribution in [3.8, 4) is 23.0 Å². The van der Waals surface area contributed by atoms with Crippen molar-refractivity contribution < 1.29 is 23.6 Å². The van der Waals surface area contributed by atoms with Crippen LogP contribution in [-0.2, 0) is 0 Å². The molecule has 11 nitrogen and oxygen atoms in total. The first-order valence-corrected chi connectivity index (χ1v) is 12.6. The third-order valence-corrected chi connectivity index (χ3v) is 6.59. The molecule has 4 aromatic rings. The number of carbonyl (C=O) groups is 1. The van der Waals surface area contributed by atoms with E-state index >= 15 is 0 Å². The Balaban J connectivity index is 1.29. The molecule has 0 atom stereocenters. The molecule has 1 aliphatic rings. The van der Waals surface area contributed by atoms with E-state index in [2.05, 4.69) is 15.6 Å². The number of benzene rings is 3. The van der Waals surface area contributed by atoms with Gasteiger partial charge in [-0.05, 0) is 73.6 Å². The minimum absolute atomic E-state index is 0.0363. The van der Waals surface area contributed by atoms with E-state index in [1.54, 1.807) is 56.7 Å². The van der Waals surface area contributed by atoms with Gasteiger partial charge in [0.05, 0.1) is 19.1 Å². The summed E-state index contributed by atoms with van der Waals surface area (Å²) >= 11 is 5.31. The molecule has 0 radical (unpaired) electrons. The molecule has 1 fully saturated rings. The molecule has 2 N–H and O–H groups in total. The highest BCUT2D eigenvalue weighted by Crippen LogP contribution is 2.34. The van der Waals surface area contributed by atoms with Gasteiger partial charge in [-0.2, -0.15) is 0 Å². The fourth-order valence-corrected chi connectivity index (χ4v) is 4.68. The third-order valence-electron chi connectivity index (χ3n) is 6.38. The number of nitro benzene ring substituents is 1. The van der Waals surface area contributed by atoms with E-state index in [0.29, 0.717) is 45.4 Å². The summed E-state index contributed by atoms with van der Waals surface area (Å²) in [7, 11) is 3.12. The smallest absolute Gasteiger partial charge is 0.293 e. The van der Waals surface area contributed by atoms with Gasteiger partial charge in [0, 0.05) is 36.0 Å². The van der Waals surface area contributed by atoms with E-state index in [1.807, 2.05) is 11.0 Å². The largest absolute Gasteiger partial charge is 0.493 e. The number of nitro groups is 1. The van der Waals surface area contributed by atoms with E-state index < -0.39 is 10.8 Å². The normalized spacial score (nSPS) is 12.8. The van der Waals surface area contributed by atoms with Gasteiger partial charge < -0.3 is 24.1 Å². The van der Waals surface area contributed by atoms with Gasteiger partial charge in [-0.15, -0.1) is 0 Å². The SMILES string of the molecule is COc1ccc(-c2nc3cc(NC(=S)NC(=O)c4ccc(N5CCCC5)c([N+](=O)[O-])c4)ccc3o2)cc1OC. The van der Waals surface area contributed by atoms with Crippen LogP contribution in [0.4, 0.5) is 17.1 Å². The predicted octanol–water partition coefficient (Wildman–Crippen LogP) is 5.15. The molecule has 12 heteroatoms. The van der Waals surface area contributed by atoms with Crippen LogP contribution in [0.1, 0.15) is 23.2 Å². The van der Waals surface area contributed by atoms with Crippen LogP contribution < -0.4 is 25.0 Å². The first-order chi connectivity index (χ1) is 18.9. The molecule has 0 aliphatic carbocycles. The van der Waals surface area contributed by atoms with Crippen molar-refractivity contribution in [3.63, 3.8) is 0 Å². The Labute approximate surface area is 228 Å². The highest BCUT2D eigenvalue weighted by Gasteiger charge is 2.24. The Morgan fingerprint density at radius 1 is 1.05 bits per heavy atom. The van der Waals surface area contributed by atoms with E-state index in [1.165, 1.54) is 6.07 Å². The van der Waals surface area contributed by atoms with Gasteiger partial charge >= 0.3 is 0 Å². The standard InChI is InChI=1S/C27H25N5O6S/c1-36-23-9-6-17(14-24(23)37-2)26-29-19-15-18(7-10-22(19)38-26)28-27(39)30-25(33)16-5-8-20(21(13-16)32(34)35)31-11-3-4-12-31/h5-10,13-15H,3-4,11-12H2,1-2H3,(H2,28,30,33,39). The third kappa shape index (κ3) is 5.46. The maximum Gasteiger partial charge on any atom is 0.293 e. The second-order valence-corrected chi connectivity index (χ2v) is 9.24. The summed E-state index contributed by atoms with van der Waals surface area (Å²) in [6.07, 6.45) is 1.97. The van der Waals surface area contributed by atoms with Gasteiger partial charge in [-0.25, -0.2) is 4.98 Å². The monoisotopic (exact) mass is 547 g/mol. The highest BCUT2D eigenvalue weighted by atomic mass is 32.1. The number of nitrogens with one attached hydrogen (secondary N) is 2. The van der Waals surface area contributed by atoms with Gasteiger partial charge in [-0.3, -0.25) is 20.2 Å². The van der Waals surface area contributed by atoms with Crippen molar-refractivity contribution in [1.82, 2.24) is 10.3 Å². The summed E-state index contributed by atoms with van der Waals surface area (Å²) < 4.78 is 16.5. The Hall–Kier alpha value is -4.71. The van der Waals surface area contributed by atoms with Crippen molar-refractivity contribution in [2.24, 2.45) is 0 Å². The summed E-state index contributed by atoms with van der Waals surface area (Å²) in [6.45, 7) is 1.51. The summed E-state index contributed by atoms with van der Waals surface area (Å²) in [6, 6.07) is 15.0. The maximum atomic E-state index is 12.8. The van der Waals surface area contributed by atoms with Crippen molar-refractivity contribution in [2.75, 3.05) is 37.5 Å². The summed E-state index contributed by atoms with van der Waals surface area (Å²) in [5.41, 5.74) is 2.98. The molecule has 0 spiro atoms. The number of aromatic nitrogens is 1. The molecule has 1 amide bonds. The Morgan fingerprint density at radius 2 is 1.82 bits per heavy atom. The zero-order chi connectivity index (χ0) is 27.5. The van der Waals surface area contributed by atoms with Crippen LogP contribution >= 0.6 is 12.2 Å². The van der Waals surface area contributed by atoms with Crippen LogP contribution in [-0.4, -0.2) is 48.2 Å². The molecule has 5 rings (SSSR count). The number of rotatable bonds is 7. The number of ether oxygens (including phenoxy) is 2. The number of amides is 1. The van der Waals surface area contributed by atoms with E-state index in [4.69, 9.17) is 26.1 Å². The number of oxazole rings is 1. The molecule has 3 aromatic carbocycles. The summed E-state index contributed by atoms with van der Waals surface area (Å²) in [5.74, 6) is 0.994. The average Bonchev–Trinajstić information content (AvgIpc) is 3.62. The lowest BCUT2D eigenvalue weighted by Gasteiger charge is -2.18. The average molecular weight is 548 g/mol. The Bertz CT molecular complexity index is 1580. The minimum Gasteiger partial charge on any atom is -0.493 e. The molecule has 200 valence electrons. The summed E-state index contributed by atoms with van der Waals surface area (Å²) in [4.78, 5) is 30.5. The van der Waals surface area contributed by atoms with Gasteiger partial charge in [0.2, 0.25) is 5.89 Å². The number of nitrogens with zero attached hydrogens (tertiary/aromatic N) is 3. The number of anilines is 2. The van der Waals surface area contributed by atoms with Crippen LogP contribution in [0.5, 0.6) is 11.5 Å². The van der Waals surface area contributed by atoms with Crippen LogP contribution in [0.3, 0.4) is 0 Å². The number of fused-ring (bicyclic) bond motifs is 1. The molecule has 1 saturated heterocycles. The van der Waals surface area contributed by atoms with Gasteiger partial charge in [0.25, 0.3) is 11.6 Å². The van der Waals surface area contributed by atoms with Crippen LogP contribution in [0.2, 0.25) is 0 Å². The lowest BCUT2D eigenvalue weighted by Crippen LogP contribution is -2.34. The first-order valence-electron chi connectivity index (χ1n) is 12.1. The molecule has 2 heterocycles. The Morgan fingerprint density at radius 3 is 2.54 bits per heavy atom. The molecule has 0 saturated carbocycles. The highest BCUT2D eigenvalue weighted by molar-refractivity contribution is 7.80. The molecular formula is C27H25N5O6S. The zero-order valence-corrected chi connectivity index (χ0v) is 22.0. The second kappa shape index (κ2) is 11.0. The molecule has 0 unspecified atom stereocenters. The fraction of sp³-hybridized carbons (Fsp3) is 0.222. The molecule has 1 aromatic heterocycles. The number of thiocarbonyl (C=S) groups is 1. The molecule has 0 bridgehead atoms. The summed E-state index contributed by atoms with van der Waals surface area (Å²) in [5, 5.41) is 17.2. The second-order valence-electron chi connectivity index (χ2n) is 8.83. The van der Waals surface area contributed by atoms with Crippen molar-refractivity contribution in [3.05, 3.63) is 70.3 Å².